The van der Waals surface area contributed by atoms with Gasteiger partial charge >= 0.3 is 24.3 Å². The lowest BCUT2D eigenvalue weighted by atomic mass is 10.1. The standard InChI is InChI=1S/C20H21N3O2.2C2HF3O2/c24-20-6-5-17-7-10-22(15-18-4-2-12-25-18)11-8-19(17)23(20)14-16-3-1-9-21-13-16;2*3-2(4,5)1(6)7/h1-6,9,12-13H,7-8,10-11,14-15H2;2*(H,6,7). The first-order valence-electron chi connectivity index (χ1n) is 11.1. The van der Waals surface area contributed by atoms with Crippen LogP contribution in [-0.4, -0.2) is 62.0 Å². The number of carboxylic acids is 2. The minimum absolute atomic E-state index is 0.0575. The normalized spacial score (nSPS) is 13.6. The van der Waals surface area contributed by atoms with Crippen LogP contribution >= 0.6 is 0 Å². The Bertz CT molecular complexity index is 1250. The van der Waals surface area contributed by atoms with Crippen LogP contribution < -0.4 is 5.56 Å². The molecule has 4 heterocycles. The lowest BCUT2D eigenvalue weighted by Crippen LogP contribution is -2.27. The van der Waals surface area contributed by atoms with Gasteiger partial charge in [-0.2, -0.15) is 26.3 Å². The number of aliphatic carboxylic acids is 2. The van der Waals surface area contributed by atoms with Crippen molar-refractivity contribution in [2.75, 3.05) is 13.1 Å². The van der Waals surface area contributed by atoms with Gasteiger partial charge in [-0.25, -0.2) is 9.59 Å². The van der Waals surface area contributed by atoms with Crippen molar-refractivity contribution in [1.29, 1.82) is 0 Å². The van der Waals surface area contributed by atoms with Crippen LogP contribution in [0.5, 0.6) is 0 Å². The van der Waals surface area contributed by atoms with E-state index >= 15 is 0 Å². The molecule has 0 saturated heterocycles. The summed E-state index contributed by atoms with van der Waals surface area (Å²) in [7, 11) is 0. The van der Waals surface area contributed by atoms with E-state index in [0.29, 0.717) is 6.54 Å². The molecule has 3 aromatic rings. The third-order valence-electron chi connectivity index (χ3n) is 5.26. The Hall–Kier alpha value is -4.14. The highest BCUT2D eigenvalue weighted by Crippen LogP contribution is 2.18. The number of hydrogen-bond acceptors (Lipinski definition) is 6. The van der Waals surface area contributed by atoms with Gasteiger partial charge in [0.15, 0.2) is 0 Å². The van der Waals surface area contributed by atoms with Gasteiger partial charge in [0.05, 0.1) is 19.4 Å². The van der Waals surface area contributed by atoms with Crippen LogP contribution in [0.2, 0.25) is 0 Å². The van der Waals surface area contributed by atoms with Crippen molar-refractivity contribution in [2.24, 2.45) is 0 Å². The van der Waals surface area contributed by atoms with E-state index < -0.39 is 24.3 Å². The maximum absolute atomic E-state index is 12.5. The van der Waals surface area contributed by atoms with Gasteiger partial charge < -0.3 is 19.2 Å². The summed E-state index contributed by atoms with van der Waals surface area (Å²) in [6, 6.07) is 11.5. The van der Waals surface area contributed by atoms with E-state index in [2.05, 4.69) is 9.88 Å². The Morgan fingerprint density at radius 2 is 1.51 bits per heavy atom. The van der Waals surface area contributed by atoms with Crippen LogP contribution in [-0.2, 0) is 35.5 Å². The number of furan rings is 1. The summed E-state index contributed by atoms with van der Waals surface area (Å²) in [4.78, 5) is 36.8. The first-order chi connectivity index (χ1) is 18.2. The molecule has 4 rings (SSSR count). The summed E-state index contributed by atoms with van der Waals surface area (Å²) in [5.41, 5.74) is 3.53. The predicted molar refractivity (Wildman–Crippen MR) is 123 cm³/mol. The van der Waals surface area contributed by atoms with E-state index in [-0.39, 0.29) is 5.56 Å². The summed E-state index contributed by atoms with van der Waals surface area (Å²) in [5.74, 6) is -4.53. The van der Waals surface area contributed by atoms with Crippen LogP contribution in [0.1, 0.15) is 22.6 Å². The fraction of sp³-hybridized carbons (Fsp3) is 0.333. The van der Waals surface area contributed by atoms with Crippen LogP contribution in [0.3, 0.4) is 0 Å². The number of fused-ring (bicyclic) bond motifs is 1. The van der Waals surface area contributed by atoms with E-state index in [4.69, 9.17) is 24.2 Å². The lowest BCUT2D eigenvalue weighted by molar-refractivity contribution is -0.193. The molecule has 15 heteroatoms. The van der Waals surface area contributed by atoms with Crippen molar-refractivity contribution in [2.45, 2.75) is 38.3 Å². The molecular formula is C24H23F6N3O6. The second kappa shape index (κ2) is 13.6. The number of pyridine rings is 2. The molecule has 0 bridgehead atoms. The van der Waals surface area contributed by atoms with Gasteiger partial charge in [-0.05, 0) is 35.7 Å². The Kier molecular flexibility index (Phi) is 10.8. The van der Waals surface area contributed by atoms with Gasteiger partial charge in [0.1, 0.15) is 5.76 Å². The number of carboxylic acid groups (broad SMARTS) is 2. The highest BCUT2D eigenvalue weighted by atomic mass is 19.4. The summed E-state index contributed by atoms with van der Waals surface area (Å²) in [6.45, 7) is 3.28. The average Bonchev–Trinajstić information content (AvgIpc) is 3.28. The molecule has 1 aliphatic rings. The maximum atomic E-state index is 12.5. The summed E-state index contributed by atoms with van der Waals surface area (Å²) in [5, 5.41) is 14.2. The molecule has 0 fully saturated rings. The number of rotatable bonds is 4. The number of carbonyl (C=O) groups is 2. The van der Waals surface area contributed by atoms with Crippen molar-refractivity contribution in [3.63, 3.8) is 0 Å². The Morgan fingerprint density at radius 3 is 2.03 bits per heavy atom. The van der Waals surface area contributed by atoms with Crippen molar-refractivity contribution < 1.29 is 50.6 Å². The third kappa shape index (κ3) is 10.3. The molecule has 0 amide bonds. The molecule has 0 radical (unpaired) electrons. The number of aromatic nitrogens is 2. The summed E-state index contributed by atoms with van der Waals surface area (Å²) >= 11 is 0. The van der Waals surface area contributed by atoms with Gasteiger partial charge in [0.25, 0.3) is 5.56 Å². The molecule has 3 aromatic heterocycles. The highest BCUT2D eigenvalue weighted by Gasteiger charge is 2.38. The Balaban J connectivity index is 0.000000317. The van der Waals surface area contributed by atoms with Crippen LogP contribution in [0, 0.1) is 0 Å². The van der Waals surface area contributed by atoms with Gasteiger partial charge in [-0.1, -0.05) is 12.1 Å². The maximum Gasteiger partial charge on any atom is 0.490 e. The minimum Gasteiger partial charge on any atom is -0.475 e. The van der Waals surface area contributed by atoms with E-state index in [1.165, 1.54) is 5.56 Å². The van der Waals surface area contributed by atoms with Crippen molar-refractivity contribution in [3.8, 4) is 0 Å². The molecule has 212 valence electrons. The molecule has 0 spiro atoms. The largest absolute Gasteiger partial charge is 0.490 e. The fourth-order valence-corrected chi connectivity index (χ4v) is 3.47. The molecule has 0 aromatic carbocycles. The molecule has 0 saturated carbocycles. The second-order valence-corrected chi connectivity index (χ2v) is 8.05. The number of alkyl halides is 6. The van der Waals surface area contributed by atoms with Gasteiger partial charge in [0, 0.05) is 43.7 Å². The van der Waals surface area contributed by atoms with Crippen molar-refractivity contribution in [3.05, 3.63) is 88.0 Å². The van der Waals surface area contributed by atoms with Crippen molar-refractivity contribution >= 4 is 11.9 Å². The zero-order valence-electron chi connectivity index (χ0n) is 20.1. The molecule has 2 N–H and O–H groups in total. The van der Waals surface area contributed by atoms with Gasteiger partial charge in [-0.15, -0.1) is 0 Å². The third-order valence-corrected chi connectivity index (χ3v) is 5.26. The average molecular weight is 563 g/mol. The van der Waals surface area contributed by atoms with Gasteiger partial charge in [-0.3, -0.25) is 14.7 Å². The second-order valence-electron chi connectivity index (χ2n) is 8.05. The monoisotopic (exact) mass is 563 g/mol. The van der Waals surface area contributed by atoms with E-state index in [1.807, 2.05) is 41.1 Å². The lowest BCUT2D eigenvalue weighted by Gasteiger charge is -2.18. The smallest absolute Gasteiger partial charge is 0.475 e. The molecule has 0 aliphatic carbocycles. The SMILES string of the molecule is O=C(O)C(F)(F)F.O=C(O)C(F)(F)F.O=c1ccc2c(n1Cc1cccnc1)CCN(Cc1ccco1)CC2. The topological polar surface area (TPSA) is 126 Å². The fourth-order valence-electron chi connectivity index (χ4n) is 3.47. The van der Waals surface area contributed by atoms with Crippen LogP contribution in [0.4, 0.5) is 26.3 Å². The zero-order chi connectivity index (χ0) is 29.2. The summed E-state index contributed by atoms with van der Waals surface area (Å²) in [6.07, 6.45) is -3.06. The van der Waals surface area contributed by atoms with E-state index in [9.17, 15) is 31.1 Å². The highest BCUT2D eigenvalue weighted by molar-refractivity contribution is 5.73. The minimum atomic E-state index is -5.08. The quantitative estimate of drug-likeness (QED) is 0.460. The molecule has 0 atom stereocenters. The number of halogens is 6. The number of hydrogen-bond donors (Lipinski definition) is 2. The molecule has 1 aliphatic heterocycles. The molecule has 39 heavy (non-hydrogen) atoms. The predicted octanol–water partition coefficient (Wildman–Crippen LogP) is 3.75. The van der Waals surface area contributed by atoms with E-state index in [0.717, 1.165) is 49.5 Å². The van der Waals surface area contributed by atoms with Crippen LogP contribution in [0.15, 0.2) is 64.3 Å². The Morgan fingerprint density at radius 1 is 0.897 bits per heavy atom. The van der Waals surface area contributed by atoms with Crippen LogP contribution in [0.25, 0.3) is 0 Å². The molecule has 0 unspecified atom stereocenters. The Labute approximate surface area is 216 Å². The molecule has 9 nitrogen and oxygen atoms in total. The first kappa shape index (κ1) is 31.1. The van der Waals surface area contributed by atoms with Gasteiger partial charge in [0.2, 0.25) is 0 Å². The molecular weight excluding hydrogens is 540 g/mol. The van der Waals surface area contributed by atoms with Crippen molar-refractivity contribution in [1.82, 2.24) is 14.5 Å². The zero-order valence-corrected chi connectivity index (χ0v) is 20.1. The number of nitrogens with zero attached hydrogens (tertiary/aromatic N) is 3. The summed E-state index contributed by atoms with van der Waals surface area (Å²) < 4.78 is 70.8. The van der Waals surface area contributed by atoms with E-state index in [1.54, 1.807) is 18.5 Å². The first-order valence-corrected chi connectivity index (χ1v) is 11.1.